The predicted octanol–water partition coefficient (Wildman–Crippen LogP) is 4.87. The Kier molecular flexibility index (Phi) is 5.65. The Labute approximate surface area is 182 Å². The summed E-state index contributed by atoms with van der Waals surface area (Å²) in [6.07, 6.45) is 1.58. The highest BCUT2D eigenvalue weighted by molar-refractivity contribution is 7.90. The molecule has 3 aromatic carbocycles. The fraction of sp³-hybridized carbons (Fsp3) is 0.160. The van der Waals surface area contributed by atoms with E-state index in [0.717, 1.165) is 16.7 Å². The van der Waals surface area contributed by atoms with E-state index in [9.17, 15) is 13.2 Å². The van der Waals surface area contributed by atoms with Crippen LogP contribution in [0, 0.1) is 13.8 Å². The lowest BCUT2D eigenvalue weighted by Crippen LogP contribution is -2.18. The molecule has 0 radical (unpaired) electrons. The van der Waals surface area contributed by atoms with Gasteiger partial charge in [-0.3, -0.25) is 4.79 Å². The summed E-state index contributed by atoms with van der Waals surface area (Å²) < 4.78 is 28.2. The van der Waals surface area contributed by atoms with Gasteiger partial charge in [0, 0.05) is 22.8 Å². The van der Waals surface area contributed by atoms with Crippen molar-refractivity contribution in [3.05, 3.63) is 95.7 Å². The van der Waals surface area contributed by atoms with Crippen LogP contribution in [-0.2, 0) is 26.9 Å². The number of sulfone groups is 1. The molecule has 0 aliphatic heterocycles. The second-order valence-electron chi connectivity index (χ2n) is 7.74. The number of amides is 1. The molecule has 6 heteroatoms. The minimum atomic E-state index is -3.59. The van der Waals surface area contributed by atoms with Crippen LogP contribution in [0.25, 0.3) is 10.9 Å². The number of aromatic nitrogens is 1. The average molecular weight is 433 g/mol. The van der Waals surface area contributed by atoms with Crippen LogP contribution in [0.15, 0.2) is 83.9 Å². The number of aryl methyl sites for hydroxylation is 2. The fourth-order valence-electron chi connectivity index (χ4n) is 3.64. The van der Waals surface area contributed by atoms with E-state index in [4.69, 9.17) is 0 Å². The van der Waals surface area contributed by atoms with E-state index in [1.165, 1.54) is 0 Å². The van der Waals surface area contributed by atoms with Gasteiger partial charge >= 0.3 is 0 Å². The summed E-state index contributed by atoms with van der Waals surface area (Å²) in [5.74, 6) is -0.295. The number of carbonyl (C=O) groups excluding carboxylic acids is 1. The zero-order valence-electron chi connectivity index (χ0n) is 17.5. The Morgan fingerprint density at radius 1 is 0.903 bits per heavy atom. The van der Waals surface area contributed by atoms with Crippen molar-refractivity contribution in [3.63, 3.8) is 0 Å². The minimum Gasteiger partial charge on any atom is -0.337 e. The molecule has 4 rings (SSSR count). The van der Waals surface area contributed by atoms with Gasteiger partial charge in [0.05, 0.1) is 10.6 Å². The Balaban J connectivity index is 1.65. The zero-order chi connectivity index (χ0) is 22.0. The number of fused-ring (bicyclic) bond motifs is 1. The summed E-state index contributed by atoms with van der Waals surface area (Å²) in [7, 11) is -3.59. The van der Waals surface area contributed by atoms with Crippen molar-refractivity contribution in [2.45, 2.75) is 31.0 Å². The Bertz CT molecular complexity index is 1350. The van der Waals surface area contributed by atoms with Gasteiger partial charge in [0.2, 0.25) is 5.91 Å². The molecule has 0 fully saturated rings. The standard InChI is InChI=1S/C25H24N2O3S/c1-18-11-13-21(14-12-18)26-25(28)16-27-15-24(22-9-5-6-10-23(22)27)31(29,30)17-20-8-4-3-7-19(20)2/h3-15H,16-17H2,1-2H3,(H,26,28). The molecule has 0 saturated heterocycles. The maximum Gasteiger partial charge on any atom is 0.244 e. The van der Waals surface area contributed by atoms with Crippen LogP contribution >= 0.6 is 0 Å². The van der Waals surface area contributed by atoms with Gasteiger partial charge in [-0.2, -0.15) is 0 Å². The second-order valence-corrected chi connectivity index (χ2v) is 9.70. The molecule has 1 heterocycles. The van der Waals surface area contributed by atoms with Crippen LogP contribution in [0.5, 0.6) is 0 Å². The van der Waals surface area contributed by atoms with Crippen LogP contribution in [0.2, 0.25) is 0 Å². The van der Waals surface area contributed by atoms with Crippen LogP contribution in [-0.4, -0.2) is 18.9 Å². The van der Waals surface area contributed by atoms with Gasteiger partial charge in [0.15, 0.2) is 9.84 Å². The molecule has 0 atom stereocenters. The second kappa shape index (κ2) is 8.40. The van der Waals surface area contributed by atoms with Crippen LogP contribution in [0.4, 0.5) is 5.69 Å². The van der Waals surface area contributed by atoms with E-state index in [1.807, 2.05) is 80.6 Å². The first kappa shape index (κ1) is 20.9. The van der Waals surface area contributed by atoms with Crippen LogP contribution in [0.1, 0.15) is 16.7 Å². The van der Waals surface area contributed by atoms with Crippen molar-refractivity contribution in [3.8, 4) is 0 Å². The molecule has 0 aliphatic rings. The summed E-state index contributed by atoms with van der Waals surface area (Å²) in [6, 6.07) is 22.3. The lowest BCUT2D eigenvalue weighted by molar-refractivity contribution is -0.116. The Hall–Kier alpha value is -3.38. The van der Waals surface area contributed by atoms with Crippen molar-refractivity contribution >= 4 is 32.3 Å². The molecular formula is C25H24N2O3S. The predicted molar refractivity (Wildman–Crippen MR) is 124 cm³/mol. The molecule has 158 valence electrons. The molecule has 31 heavy (non-hydrogen) atoms. The SMILES string of the molecule is Cc1ccc(NC(=O)Cn2cc(S(=O)(=O)Cc3ccccc3C)c3ccccc32)cc1. The summed E-state index contributed by atoms with van der Waals surface area (Å²) in [4.78, 5) is 12.9. The quantitative estimate of drug-likeness (QED) is 0.473. The number of nitrogens with one attached hydrogen (secondary N) is 1. The summed E-state index contributed by atoms with van der Waals surface area (Å²) in [5, 5.41) is 3.49. The average Bonchev–Trinajstić information content (AvgIpc) is 3.11. The molecule has 1 amide bonds. The highest BCUT2D eigenvalue weighted by atomic mass is 32.2. The number of carbonyl (C=O) groups is 1. The summed E-state index contributed by atoms with van der Waals surface area (Å²) in [6.45, 7) is 3.91. The molecule has 1 aromatic heterocycles. The van der Waals surface area contributed by atoms with E-state index < -0.39 is 9.84 Å². The minimum absolute atomic E-state index is 0.0221. The third-order valence-corrected chi connectivity index (χ3v) is 7.03. The lowest BCUT2D eigenvalue weighted by Gasteiger charge is -2.08. The first-order chi connectivity index (χ1) is 14.8. The van der Waals surface area contributed by atoms with E-state index >= 15 is 0 Å². The third kappa shape index (κ3) is 4.54. The molecule has 5 nitrogen and oxygen atoms in total. The van der Waals surface area contributed by atoms with Crippen molar-refractivity contribution in [1.82, 2.24) is 4.57 Å². The van der Waals surface area contributed by atoms with Gasteiger partial charge in [-0.1, -0.05) is 60.2 Å². The smallest absolute Gasteiger partial charge is 0.244 e. The number of para-hydroxylation sites is 1. The Morgan fingerprint density at radius 2 is 1.58 bits per heavy atom. The number of rotatable bonds is 6. The Morgan fingerprint density at radius 3 is 2.32 bits per heavy atom. The largest absolute Gasteiger partial charge is 0.337 e. The van der Waals surface area contributed by atoms with Gasteiger partial charge < -0.3 is 9.88 Å². The van der Waals surface area contributed by atoms with E-state index in [2.05, 4.69) is 5.32 Å². The molecular weight excluding hydrogens is 408 g/mol. The highest BCUT2D eigenvalue weighted by Crippen LogP contribution is 2.28. The fourth-order valence-corrected chi connectivity index (χ4v) is 5.32. The number of nitrogens with zero attached hydrogens (tertiary/aromatic N) is 1. The zero-order valence-corrected chi connectivity index (χ0v) is 18.3. The van der Waals surface area contributed by atoms with Gasteiger partial charge in [0.1, 0.15) is 6.54 Å². The highest BCUT2D eigenvalue weighted by Gasteiger charge is 2.23. The first-order valence-electron chi connectivity index (χ1n) is 10.1. The van der Waals surface area contributed by atoms with Gasteiger partial charge in [0.25, 0.3) is 0 Å². The van der Waals surface area contributed by atoms with Crippen molar-refractivity contribution in [1.29, 1.82) is 0 Å². The maximum atomic E-state index is 13.3. The van der Waals surface area contributed by atoms with Gasteiger partial charge in [-0.05, 0) is 43.2 Å². The third-order valence-electron chi connectivity index (χ3n) is 5.34. The normalized spacial score (nSPS) is 11.5. The van der Waals surface area contributed by atoms with Crippen molar-refractivity contribution < 1.29 is 13.2 Å². The molecule has 0 bridgehead atoms. The first-order valence-corrected chi connectivity index (χ1v) is 11.7. The molecule has 0 saturated carbocycles. The molecule has 0 spiro atoms. The summed E-state index contributed by atoms with van der Waals surface area (Å²) in [5.41, 5.74) is 4.24. The topological polar surface area (TPSA) is 68.2 Å². The van der Waals surface area contributed by atoms with E-state index in [-0.39, 0.29) is 23.1 Å². The molecule has 0 aliphatic carbocycles. The lowest BCUT2D eigenvalue weighted by atomic mass is 10.1. The van der Waals surface area contributed by atoms with Gasteiger partial charge in [-0.15, -0.1) is 0 Å². The van der Waals surface area contributed by atoms with Gasteiger partial charge in [-0.25, -0.2) is 8.42 Å². The summed E-state index contributed by atoms with van der Waals surface area (Å²) >= 11 is 0. The monoisotopic (exact) mass is 432 g/mol. The number of hydrogen-bond donors (Lipinski definition) is 1. The molecule has 1 N–H and O–H groups in total. The number of hydrogen-bond acceptors (Lipinski definition) is 3. The van der Waals surface area contributed by atoms with Crippen LogP contribution in [0.3, 0.4) is 0 Å². The molecule has 0 unspecified atom stereocenters. The maximum absolute atomic E-state index is 13.3. The van der Waals surface area contributed by atoms with Crippen molar-refractivity contribution in [2.75, 3.05) is 5.32 Å². The van der Waals surface area contributed by atoms with Crippen molar-refractivity contribution in [2.24, 2.45) is 0 Å². The number of benzene rings is 3. The number of anilines is 1. The molecule has 4 aromatic rings. The van der Waals surface area contributed by atoms with E-state index in [1.54, 1.807) is 16.8 Å². The van der Waals surface area contributed by atoms with Crippen LogP contribution < -0.4 is 5.32 Å². The van der Waals surface area contributed by atoms with E-state index in [0.29, 0.717) is 16.6 Å².